The first-order valence-electron chi connectivity index (χ1n) is 45.8. The van der Waals surface area contributed by atoms with E-state index in [1.807, 2.05) is 364 Å². The van der Waals surface area contributed by atoms with E-state index in [0.29, 0.717) is 0 Å². The van der Waals surface area contributed by atoms with Crippen molar-refractivity contribution in [1.82, 2.24) is 0 Å². The number of benzene rings is 16. The average Bonchev–Trinajstić information content (AvgIpc) is 0.765. The molecule has 1 fully saturated rings. The van der Waals surface area contributed by atoms with Crippen molar-refractivity contribution >= 4 is 35.5 Å². The summed E-state index contributed by atoms with van der Waals surface area (Å²) >= 11 is 7.32. The van der Waals surface area contributed by atoms with Crippen LogP contribution in [0, 0.1) is 0 Å². The lowest BCUT2D eigenvalue weighted by Gasteiger charge is -2.43. The van der Waals surface area contributed by atoms with Gasteiger partial charge in [-0.15, -0.1) is 11.6 Å². The van der Waals surface area contributed by atoms with Crippen LogP contribution in [0.3, 0.4) is 0 Å². The minimum atomic E-state index is -2.22. The molecule has 704 valence electrons. The number of hydrogen-bond acceptors (Lipinski definition) is 21. The van der Waals surface area contributed by atoms with E-state index in [2.05, 4.69) is 0 Å². The van der Waals surface area contributed by atoms with E-state index in [1.165, 1.54) is 48.5 Å². The van der Waals surface area contributed by atoms with Gasteiger partial charge < -0.3 is 80.5 Å². The number of alkyl halides is 1. The van der Waals surface area contributed by atoms with Crippen molar-refractivity contribution in [2.24, 2.45) is 0 Å². The molecule has 1 saturated heterocycles. The Morgan fingerprint density at radius 3 is 0.514 bits per heavy atom. The predicted octanol–water partition coefficient (Wildman–Crippen LogP) is 24.4. The monoisotopic (exact) mass is 1890 g/mol. The second kappa shape index (κ2) is 48.6. The summed E-state index contributed by atoms with van der Waals surface area (Å²) in [6, 6.07) is 124. The first kappa shape index (κ1) is 95.0. The summed E-state index contributed by atoms with van der Waals surface area (Å²) in [5.74, 6) is -4.43. The minimum Gasteiger partial charge on any atom is -0.485 e. The highest BCUT2D eigenvalue weighted by Gasteiger charge is 2.55. The molecule has 0 aromatic heterocycles. The van der Waals surface area contributed by atoms with E-state index in [4.69, 9.17) is 92.1 Å². The molecule has 0 amide bonds. The van der Waals surface area contributed by atoms with Gasteiger partial charge in [-0.05, 0) is 115 Å². The van der Waals surface area contributed by atoms with Gasteiger partial charge in [-0.1, -0.05) is 364 Å². The molecule has 0 N–H and O–H groups in total. The fourth-order valence-electron chi connectivity index (χ4n) is 15.3. The predicted molar refractivity (Wildman–Crippen MR) is 527 cm³/mol. The van der Waals surface area contributed by atoms with Gasteiger partial charge in [-0.3, -0.25) is 0 Å². The Balaban J connectivity index is 0.842. The van der Waals surface area contributed by atoms with Crippen molar-refractivity contribution < 1.29 is 99.7 Å². The van der Waals surface area contributed by atoms with Crippen LogP contribution >= 0.6 is 11.6 Å². The first-order chi connectivity index (χ1) is 69.0. The zero-order valence-electron chi connectivity index (χ0n) is 76.3. The highest BCUT2D eigenvalue weighted by molar-refractivity contribution is 6.18. The topological polar surface area (TPSA) is 225 Å². The number of hydrogen-bond donors (Lipinski definition) is 0. The third-order valence-electron chi connectivity index (χ3n) is 22.5. The van der Waals surface area contributed by atoms with Crippen molar-refractivity contribution in [1.29, 1.82) is 0 Å². The molecule has 0 unspecified atom stereocenters. The van der Waals surface area contributed by atoms with Crippen LogP contribution in [0.4, 0.5) is 0 Å². The summed E-state index contributed by atoms with van der Waals surface area (Å²) in [6.45, 7) is -0.152. The van der Waals surface area contributed by atoms with Gasteiger partial charge >= 0.3 is 23.9 Å². The van der Waals surface area contributed by atoms with E-state index < -0.39 is 60.5 Å². The second-order valence-electron chi connectivity index (χ2n) is 32.7. The summed E-state index contributed by atoms with van der Waals surface area (Å²) in [5, 5.41) is 0. The maximum Gasteiger partial charge on any atom is 0.340 e. The molecule has 0 aliphatic carbocycles. The largest absolute Gasteiger partial charge is 0.485 e. The molecule has 1 aliphatic heterocycles. The van der Waals surface area contributed by atoms with E-state index in [-0.39, 0.29) is 171 Å². The van der Waals surface area contributed by atoms with Crippen LogP contribution < -0.4 is 56.8 Å². The summed E-state index contributed by atoms with van der Waals surface area (Å²) in [5.41, 5.74) is 8.38. The van der Waals surface area contributed by atoms with Crippen LogP contribution in [0.25, 0.3) is 0 Å². The summed E-state index contributed by atoms with van der Waals surface area (Å²) < 4.78 is 116. The summed E-state index contributed by atoms with van der Waals surface area (Å²) in [6.07, 6.45) is -10.2. The molecular formula is C118H99ClO21. The van der Waals surface area contributed by atoms with Gasteiger partial charge in [-0.2, -0.15) is 0 Å². The molecule has 16 aromatic carbocycles. The molecule has 0 spiro atoms. The third-order valence-corrected chi connectivity index (χ3v) is 22.8. The Kier molecular flexibility index (Phi) is 33.0. The molecule has 140 heavy (non-hydrogen) atoms. The molecule has 1 aliphatic rings. The van der Waals surface area contributed by atoms with Gasteiger partial charge in [0.05, 0.1) is 28.1 Å². The van der Waals surface area contributed by atoms with E-state index in [0.717, 1.165) is 66.8 Å². The van der Waals surface area contributed by atoms with E-state index in [9.17, 15) is 0 Å². The smallest absolute Gasteiger partial charge is 0.340 e. The van der Waals surface area contributed by atoms with Crippen LogP contribution in [-0.2, 0) is 103 Å². The maximum absolute atomic E-state index is 16.8. The third kappa shape index (κ3) is 26.5. The molecule has 5 atom stereocenters. The zero-order chi connectivity index (χ0) is 95.7. The molecule has 0 saturated carbocycles. The normalized spacial score (nSPS) is 14.1. The van der Waals surface area contributed by atoms with Crippen LogP contribution in [0.2, 0.25) is 0 Å². The fraction of sp³-hybridized carbons (Fsp3) is 0.153. The molecule has 0 radical (unpaired) electrons. The quantitative estimate of drug-likeness (QED) is 0.0196. The number of halogens is 1. The molecule has 21 nitrogen and oxygen atoms in total. The van der Waals surface area contributed by atoms with Crippen LogP contribution in [0.15, 0.2) is 413 Å². The van der Waals surface area contributed by atoms with Crippen LogP contribution in [0.1, 0.15) is 108 Å². The molecule has 1 heterocycles. The van der Waals surface area contributed by atoms with Gasteiger partial charge in [0.25, 0.3) is 0 Å². The summed E-state index contributed by atoms with van der Waals surface area (Å²) in [7, 11) is 0. The lowest BCUT2D eigenvalue weighted by atomic mass is 9.98. The number of carbonyl (C=O) groups excluding carboxylic acids is 4. The van der Waals surface area contributed by atoms with Crippen molar-refractivity contribution in [3.05, 3.63) is 502 Å². The van der Waals surface area contributed by atoms with E-state index >= 15 is 19.2 Å². The standard InChI is InChI=1S/C118H99ClO21/c119-69-106-111(137-114(120)94-61-98(124-70-82-37-13-1-14-38-82)107(132-78-90-53-29-9-30-54-90)99(62-94)125-71-83-39-15-2-16-40-83)112(138-115(121)95-63-100(126-72-84-41-17-3-18-42-84)108(133-79-91-55-31-10-32-56-91)101(64-95)127-73-85-43-19-4-20-44-85)113(139-116(122)96-65-102(128-74-86-45-21-5-22-46-86)109(134-80-92-57-33-11-34-58-92)103(66-96)129-75-87-47-23-6-24-48-87)118(136-106)140-117(123)97-67-104(130-76-88-49-25-7-26-50-88)110(135-81-93-59-35-12-36-60-93)105(68-97)131-77-89-51-27-8-28-52-89/h1-68,106,111-113,118H,69-81H2/t106-,111-,112+,113-,118-/m1/s1. The van der Waals surface area contributed by atoms with Crippen LogP contribution in [0.5, 0.6) is 69.0 Å². The Morgan fingerprint density at radius 2 is 0.343 bits per heavy atom. The van der Waals surface area contributed by atoms with Gasteiger partial charge in [0.1, 0.15) is 85.4 Å². The zero-order valence-corrected chi connectivity index (χ0v) is 77.0. The second-order valence-corrected chi connectivity index (χ2v) is 33.0. The fourth-order valence-corrected chi connectivity index (χ4v) is 15.5. The number of ether oxygens (including phenoxy) is 17. The molecule has 16 aromatic rings. The number of carbonyl (C=O) groups is 4. The van der Waals surface area contributed by atoms with Crippen molar-refractivity contribution in [3.8, 4) is 69.0 Å². The summed E-state index contributed by atoms with van der Waals surface area (Å²) in [4.78, 5) is 66.2. The maximum atomic E-state index is 16.8. The van der Waals surface area contributed by atoms with Gasteiger partial charge in [-0.25, -0.2) is 19.2 Å². The lowest BCUT2D eigenvalue weighted by Crippen LogP contribution is -2.62. The average molecular weight is 1890 g/mol. The molecule has 0 bridgehead atoms. The number of esters is 4. The first-order valence-corrected chi connectivity index (χ1v) is 46.3. The van der Waals surface area contributed by atoms with Gasteiger partial charge in [0.15, 0.2) is 58.2 Å². The SMILES string of the molecule is O=C(O[C@H]1O[C@H](CCl)[C@@H](OC(=O)c2cc(OCc3ccccc3)c(OCc3ccccc3)c(OCc3ccccc3)c2)[C@H](OC(=O)c2cc(OCc3ccccc3)c(OCc3ccccc3)c(OCc3ccccc3)c2)[C@H]1OC(=O)c1cc(OCc2ccccc2)c(OCc2ccccc2)c(OCc2ccccc2)c1)c1cc(OCc2ccccc2)c(OCc2ccccc2)c(OCc2ccccc2)c1. The Bertz CT molecular complexity index is 6410. The van der Waals surface area contributed by atoms with E-state index in [1.54, 1.807) is 0 Å². The lowest BCUT2D eigenvalue weighted by molar-refractivity contribution is -0.273. The van der Waals surface area contributed by atoms with Crippen molar-refractivity contribution in [2.45, 2.75) is 110 Å². The van der Waals surface area contributed by atoms with Crippen LogP contribution in [-0.4, -0.2) is 60.5 Å². The Morgan fingerprint density at radius 1 is 0.193 bits per heavy atom. The molecular weight excluding hydrogens is 1790 g/mol. The van der Waals surface area contributed by atoms with Gasteiger partial charge in [0, 0.05) is 0 Å². The van der Waals surface area contributed by atoms with Crippen molar-refractivity contribution in [2.75, 3.05) is 5.88 Å². The Labute approximate surface area is 816 Å². The highest BCUT2D eigenvalue weighted by atomic mass is 35.5. The molecule has 17 rings (SSSR count). The van der Waals surface area contributed by atoms with Gasteiger partial charge in [0.2, 0.25) is 35.4 Å². The minimum absolute atomic E-state index is 0.0149. The Hall–Kier alpha value is -16.8. The number of rotatable bonds is 45. The highest BCUT2D eigenvalue weighted by Crippen LogP contribution is 2.47. The van der Waals surface area contributed by atoms with Crippen molar-refractivity contribution in [3.63, 3.8) is 0 Å². The molecule has 22 heteroatoms.